The number of rotatable bonds is 0. The molecule has 3 aliphatic rings. The highest BCUT2D eigenvalue weighted by Gasteiger charge is 2.61. The minimum absolute atomic E-state index is 0.0116. The van der Waals surface area contributed by atoms with Gasteiger partial charge in [-0.15, -0.1) is 0 Å². The lowest BCUT2D eigenvalue weighted by Crippen LogP contribution is -2.48. The maximum atomic E-state index is 6.02. The monoisotopic (exact) mass is 184 g/mol. The van der Waals surface area contributed by atoms with Crippen LogP contribution < -0.4 is 5.73 Å². The number of nitrogens with zero attached hydrogens (tertiary/aromatic N) is 1. The molecule has 4 nitrogen and oxygen atoms in total. The predicted molar refractivity (Wildman–Crippen MR) is 47.2 cm³/mol. The van der Waals surface area contributed by atoms with Gasteiger partial charge in [0.2, 0.25) is 0 Å². The predicted octanol–water partition coefficient (Wildman–Crippen LogP) is -0.465. The summed E-state index contributed by atoms with van der Waals surface area (Å²) in [6.07, 6.45) is 2.29. The Labute approximate surface area is 78.0 Å². The molecule has 2 heterocycles. The Balaban J connectivity index is 1.82. The number of nitrogens with two attached hydrogens (primary N) is 1. The van der Waals surface area contributed by atoms with Crippen LogP contribution >= 0.6 is 0 Å². The van der Waals surface area contributed by atoms with Gasteiger partial charge in [0.15, 0.2) is 5.79 Å². The summed E-state index contributed by atoms with van der Waals surface area (Å²) in [4.78, 5) is 2.17. The Hall–Kier alpha value is -0.160. The van der Waals surface area contributed by atoms with Crippen molar-refractivity contribution in [3.05, 3.63) is 0 Å². The summed E-state index contributed by atoms with van der Waals surface area (Å²) in [6.45, 7) is 2.43. The van der Waals surface area contributed by atoms with Crippen molar-refractivity contribution in [2.45, 2.75) is 30.3 Å². The molecule has 3 fully saturated rings. The Morgan fingerprint density at radius 1 is 1.46 bits per heavy atom. The third-order valence-electron chi connectivity index (χ3n) is 3.34. The SMILES string of the molecule is CN1CC(N)C2(C1)OCC1(CC1)O2. The fraction of sp³-hybridized carbons (Fsp3) is 1.00. The van der Waals surface area contributed by atoms with Gasteiger partial charge in [-0.25, -0.2) is 0 Å². The third-order valence-corrected chi connectivity index (χ3v) is 3.34. The van der Waals surface area contributed by atoms with Crippen LogP contribution in [0.25, 0.3) is 0 Å². The first kappa shape index (κ1) is 8.17. The largest absolute Gasteiger partial charge is 0.344 e. The highest BCUT2D eigenvalue weighted by molar-refractivity contribution is 5.07. The minimum Gasteiger partial charge on any atom is -0.344 e. The number of hydrogen-bond donors (Lipinski definition) is 1. The Kier molecular flexibility index (Phi) is 1.42. The highest BCUT2D eigenvalue weighted by Crippen LogP contribution is 2.50. The molecule has 0 aromatic rings. The van der Waals surface area contributed by atoms with Crippen LogP contribution in [0.4, 0.5) is 0 Å². The topological polar surface area (TPSA) is 47.7 Å². The van der Waals surface area contributed by atoms with Crippen LogP contribution in [0.3, 0.4) is 0 Å². The van der Waals surface area contributed by atoms with Gasteiger partial charge in [0.05, 0.1) is 24.8 Å². The molecule has 2 spiro atoms. The second-order valence-electron chi connectivity index (χ2n) is 4.69. The van der Waals surface area contributed by atoms with Crippen LogP contribution in [0.2, 0.25) is 0 Å². The van der Waals surface area contributed by atoms with Crippen LogP contribution in [0.5, 0.6) is 0 Å². The zero-order valence-electron chi connectivity index (χ0n) is 7.95. The van der Waals surface area contributed by atoms with Crippen molar-refractivity contribution in [2.24, 2.45) is 5.73 Å². The number of ether oxygens (including phenoxy) is 2. The molecule has 0 radical (unpaired) electrons. The van der Waals surface area contributed by atoms with Gasteiger partial charge in [-0.1, -0.05) is 0 Å². The Morgan fingerprint density at radius 3 is 2.69 bits per heavy atom. The first-order valence-corrected chi connectivity index (χ1v) is 4.93. The van der Waals surface area contributed by atoms with Crippen molar-refractivity contribution in [1.29, 1.82) is 0 Å². The van der Waals surface area contributed by atoms with Crippen molar-refractivity contribution in [2.75, 3.05) is 26.7 Å². The fourth-order valence-electron chi connectivity index (χ4n) is 2.36. The second kappa shape index (κ2) is 2.25. The van der Waals surface area contributed by atoms with Crippen molar-refractivity contribution in [3.63, 3.8) is 0 Å². The lowest BCUT2D eigenvalue weighted by atomic mass is 10.2. The lowest BCUT2D eigenvalue weighted by Gasteiger charge is -2.26. The molecular formula is C9H16N2O2. The van der Waals surface area contributed by atoms with Crippen LogP contribution in [-0.4, -0.2) is 49.1 Å². The summed E-state index contributed by atoms with van der Waals surface area (Å²) in [5, 5.41) is 0. The molecule has 3 rings (SSSR count). The van der Waals surface area contributed by atoms with Gasteiger partial charge < -0.3 is 15.2 Å². The molecule has 2 aliphatic heterocycles. The zero-order chi connectivity index (χ0) is 9.10. The molecule has 2 unspecified atom stereocenters. The molecule has 1 saturated carbocycles. The third kappa shape index (κ3) is 1.06. The van der Waals surface area contributed by atoms with E-state index in [-0.39, 0.29) is 11.6 Å². The number of likely N-dealkylation sites (tertiary alicyclic amines) is 1. The Bertz CT molecular complexity index is 242. The molecule has 0 amide bonds. The summed E-state index contributed by atoms with van der Waals surface area (Å²) >= 11 is 0. The van der Waals surface area contributed by atoms with Crippen molar-refractivity contribution in [3.8, 4) is 0 Å². The van der Waals surface area contributed by atoms with E-state index in [1.54, 1.807) is 0 Å². The number of likely N-dealkylation sites (N-methyl/N-ethyl adjacent to an activating group) is 1. The second-order valence-corrected chi connectivity index (χ2v) is 4.69. The Morgan fingerprint density at radius 2 is 2.23 bits per heavy atom. The standard InChI is InChI=1S/C9H16N2O2/c1-11-4-7(10)9(5-11)12-6-8(13-9)2-3-8/h7H,2-6,10H2,1H3. The van der Waals surface area contributed by atoms with Crippen molar-refractivity contribution >= 4 is 0 Å². The van der Waals surface area contributed by atoms with Gasteiger partial charge >= 0.3 is 0 Å². The van der Waals surface area contributed by atoms with Crippen LogP contribution in [-0.2, 0) is 9.47 Å². The van der Waals surface area contributed by atoms with Gasteiger partial charge in [-0.05, 0) is 19.9 Å². The quantitative estimate of drug-likeness (QED) is 0.553. The van der Waals surface area contributed by atoms with Crippen LogP contribution in [0.15, 0.2) is 0 Å². The van der Waals surface area contributed by atoms with E-state index in [0.717, 1.165) is 32.5 Å². The van der Waals surface area contributed by atoms with Crippen molar-refractivity contribution in [1.82, 2.24) is 4.90 Å². The normalized spacial score (nSPS) is 48.0. The first-order valence-electron chi connectivity index (χ1n) is 4.93. The van der Waals surface area contributed by atoms with Gasteiger partial charge in [-0.2, -0.15) is 0 Å². The van der Waals surface area contributed by atoms with E-state index in [0.29, 0.717) is 0 Å². The fourth-order valence-corrected chi connectivity index (χ4v) is 2.36. The molecule has 0 aromatic heterocycles. The minimum atomic E-state index is -0.481. The first-order chi connectivity index (χ1) is 6.14. The molecule has 1 aliphatic carbocycles. The smallest absolute Gasteiger partial charge is 0.198 e. The molecular weight excluding hydrogens is 168 g/mol. The lowest BCUT2D eigenvalue weighted by molar-refractivity contribution is -0.168. The average Bonchev–Trinajstić information content (AvgIpc) is 2.60. The van der Waals surface area contributed by atoms with E-state index in [4.69, 9.17) is 15.2 Å². The summed E-state index contributed by atoms with van der Waals surface area (Å²) in [5.41, 5.74) is 6.08. The highest BCUT2D eigenvalue weighted by atomic mass is 16.8. The average molecular weight is 184 g/mol. The summed E-state index contributed by atoms with van der Waals surface area (Å²) in [5.74, 6) is -0.481. The molecule has 0 bridgehead atoms. The maximum Gasteiger partial charge on any atom is 0.198 e. The summed E-state index contributed by atoms with van der Waals surface area (Å²) < 4.78 is 11.8. The summed E-state index contributed by atoms with van der Waals surface area (Å²) in [6, 6.07) is 0.0116. The van der Waals surface area contributed by atoms with Gasteiger partial charge in [0, 0.05) is 6.54 Å². The molecule has 4 heteroatoms. The van der Waals surface area contributed by atoms with E-state index in [1.165, 1.54) is 0 Å². The van der Waals surface area contributed by atoms with E-state index in [1.807, 2.05) is 0 Å². The van der Waals surface area contributed by atoms with E-state index in [9.17, 15) is 0 Å². The van der Waals surface area contributed by atoms with Crippen LogP contribution in [0, 0.1) is 0 Å². The molecule has 2 saturated heterocycles. The number of hydrogen-bond acceptors (Lipinski definition) is 4. The van der Waals surface area contributed by atoms with Crippen LogP contribution in [0.1, 0.15) is 12.8 Å². The molecule has 2 atom stereocenters. The van der Waals surface area contributed by atoms with E-state index in [2.05, 4.69) is 11.9 Å². The molecule has 0 aromatic carbocycles. The van der Waals surface area contributed by atoms with Gasteiger partial charge in [-0.3, -0.25) is 4.90 Å². The molecule has 13 heavy (non-hydrogen) atoms. The maximum absolute atomic E-state index is 6.02. The molecule has 74 valence electrons. The van der Waals surface area contributed by atoms with E-state index >= 15 is 0 Å². The van der Waals surface area contributed by atoms with Gasteiger partial charge in [0.1, 0.15) is 0 Å². The summed E-state index contributed by atoms with van der Waals surface area (Å²) in [7, 11) is 2.05. The van der Waals surface area contributed by atoms with Gasteiger partial charge in [0.25, 0.3) is 0 Å². The van der Waals surface area contributed by atoms with Crippen molar-refractivity contribution < 1.29 is 9.47 Å². The zero-order valence-corrected chi connectivity index (χ0v) is 7.95. The molecule has 2 N–H and O–H groups in total. The van der Waals surface area contributed by atoms with E-state index < -0.39 is 5.79 Å².